The van der Waals surface area contributed by atoms with Crippen LogP contribution in [0.5, 0.6) is 5.88 Å². The Morgan fingerprint density at radius 2 is 2.36 bits per heavy atom. The molecule has 1 heterocycles. The van der Waals surface area contributed by atoms with Crippen molar-refractivity contribution in [1.29, 1.82) is 0 Å². The molecule has 0 aromatic carbocycles. The van der Waals surface area contributed by atoms with Crippen molar-refractivity contribution in [2.75, 3.05) is 19.4 Å². The van der Waals surface area contributed by atoms with Crippen LogP contribution in [-0.4, -0.2) is 23.6 Å². The molecule has 1 aromatic rings. The highest BCUT2D eigenvalue weighted by atomic mass is 16.5. The summed E-state index contributed by atoms with van der Waals surface area (Å²) in [7, 11) is 1.48. The summed E-state index contributed by atoms with van der Waals surface area (Å²) >= 11 is 0. The molecular weight excluding hydrogens is 180 g/mol. The lowest BCUT2D eigenvalue weighted by molar-refractivity contribution is 0.398. The zero-order valence-corrected chi connectivity index (χ0v) is 7.95. The predicted octanol–water partition coefficient (Wildman–Crippen LogP) is -0.232. The average Bonchev–Trinajstić information content (AvgIpc) is 2.21. The highest BCUT2D eigenvalue weighted by Gasteiger charge is 2.01. The third kappa shape index (κ3) is 2.61. The van der Waals surface area contributed by atoms with E-state index in [0.29, 0.717) is 24.5 Å². The van der Waals surface area contributed by atoms with Gasteiger partial charge in [-0.3, -0.25) is 0 Å². The fraction of sp³-hybridized carbons (Fsp3) is 0.333. The molecule has 0 unspecified atom stereocenters. The molecule has 0 aliphatic carbocycles. The number of ether oxygens (including phenoxy) is 1. The van der Waals surface area contributed by atoms with Crippen LogP contribution in [0, 0.1) is 11.8 Å². The molecule has 4 N–H and O–H groups in total. The van der Waals surface area contributed by atoms with Crippen molar-refractivity contribution in [2.24, 2.45) is 5.73 Å². The molecule has 14 heavy (non-hydrogen) atoms. The summed E-state index contributed by atoms with van der Waals surface area (Å²) in [6, 6.07) is 0. The van der Waals surface area contributed by atoms with Crippen LogP contribution < -0.4 is 16.2 Å². The van der Waals surface area contributed by atoms with Gasteiger partial charge in [0.05, 0.1) is 13.3 Å². The fourth-order valence-corrected chi connectivity index (χ4v) is 0.817. The molecule has 0 saturated heterocycles. The van der Waals surface area contributed by atoms with Crippen LogP contribution in [0.2, 0.25) is 0 Å². The zero-order chi connectivity index (χ0) is 10.4. The molecule has 0 bridgehead atoms. The normalized spacial score (nSPS) is 9.00. The highest BCUT2D eigenvalue weighted by Crippen LogP contribution is 2.13. The fourth-order valence-electron chi connectivity index (χ4n) is 0.817. The Morgan fingerprint density at radius 3 is 3.00 bits per heavy atom. The minimum absolute atomic E-state index is 0.261. The number of nitrogens with zero attached hydrogens (tertiary/aromatic N) is 2. The van der Waals surface area contributed by atoms with Gasteiger partial charge in [0.2, 0.25) is 0 Å². The second-order valence-electron chi connectivity index (χ2n) is 2.49. The van der Waals surface area contributed by atoms with Crippen LogP contribution in [0.25, 0.3) is 0 Å². The molecule has 1 aromatic heterocycles. The number of methoxy groups -OCH3 is 1. The van der Waals surface area contributed by atoms with Gasteiger partial charge in [-0.1, -0.05) is 5.92 Å². The Morgan fingerprint density at radius 1 is 1.57 bits per heavy atom. The molecular formula is C9H12N4O. The van der Waals surface area contributed by atoms with Gasteiger partial charge >= 0.3 is 0 Å². The molecule has 5 nitrogen and oxygen atoms in total. The van der Waals surface area contributed by atoms with E-state index in [4.69, 9.17) is 16.2 Å². The van der Waals surface area contributed by atoms with Crippen LogP contribution in [0.1, 0.15) is 12.1 Å². The lowest BCUT2D eigenvalue weighted by atomic mass is 10.4. The first-order valence-electron chi connectivity index (χ1n) is 4.13. The van der Waals surface area contributed by atoms with E-state index in [1.54, 1.807) is 0 Å². The third-order valence-corrected chi connectivity index (χ3v) is 1.45. The number of rotatable bonds is 2. The summed E-state index contributed by atoms with van der Waals surface area (Å²) in [6.07, 6.45) is 2.13. The summed E-state index contributed by atoms with van der Waals surface area (Å²) in [5, 5.41) is 0. The van der Waals surface area contributed by atoms with Crippen molar-refractivity contribution in [3.05, 3.63) is 11.9 Å². The molecule has 0 saturated carbocycles. The lowest BCUT2D eigenvalue weighted by Gasteiger charge is -2.00. The number of aromatic nitrogens is 2. The molecule has 0 spiro atoms. The Kier molecular flexibility index (Phi) is 3.70. The van der Waals surface area contributed by atoms with E-state index < -0.39 is 0 Å². The van der Waals surface area contributed by atoms with Gasteiger partial charge in [0.1, 0.15) is 5.69 Å². The maximum atomic E-state index is 5.49. The van der Waals surface area contributed by atoms with Crippen LogP contribution in [0.3, 0.4) is 0 Å². The quantitative estimate of drug-likeness (QED) is 0.632. The number of nitrogen functional groups attached to an aromatic ring is 1. The van der Waals surface area contributed by atoms with E-state index in [1.807, 2.05) is 0 Å². The molecule has 1 rings (SSSR count). The van der Waals surface area contributed by atoms with E-state index in [1.165, 1.54) is 13.3 Å². The average molecular weight is 192 g/mol. The van der Waals surface area contributed by atoms with Gasteiger partial charge < -0.3 is 16.2 Å². The number of hydrogen-bond acceptors (Lipinski definition) is 5. The Labute approximate surface area is 82.5 Å². The highest BCUT2D eigenvalue weighted by molar-refractivity contribution is 5.42. The molecule has 0 amide bonds. The molecule has 0 radical (unpaired) electrons. The van der Waals surface area contributed by atoms with E-state index in [9.17, 15) is 0 Å². The van der Waals surface area contributed by atoms with Crippen molar-refractivity contribution in [1.82, 2.24) is 9.97 Å². The summed E-state index contributed by atoms with van der Waals surface area (Å²) in [5.41, 5.74) is 11.3. The minimum atomic E-state index is 0.261. The molecule has 0 aliphatic heterocycles. The van der Waals surface area contributed by atoms with Crippen LogP contribution >= 0.6 is 0 Å². The molecule has 0 fully saturated rings. The number of anilines is 1. The van der Waals surface area contributed by atoms with Gasteiger partial charge in [0, 0.05) is 13.0 Å². The summed E-state index contributed by atoms with van der Waals surface area (Å²) in [5.74, 6) is 6.21. The first kappa shape index (κ1) is 10.3. The van der Waals surface area contributed by atoms with E-state index in [2.05, 4.69) is 21.8 Å². The van der Waals surface area contributed by atoms with Gasteiger partial charge in [0.25, 0.3) is 5.88 Å². The maximum absolute atomic E-state index is 5.49. The maximum Gasteiger partial charge on any atom is 0.258 e. The SMILES string of the molecule is COc1nc(C#CCCN)cnc1N. The smallest absolute Gasteiger partial charge is 0.258 e. The lowest BCUT2D eigenvalue weighted by Crippen LogP contribution is -2.00. The van der Waals surface area contributed by atoms with Crippen molar-refractivity contribution >= 4 is 5.82 Å². The predicted molar refractivity (Wildman–Crippen MR) is 53.5 cm³/mol. The van der Waals surface area contributed by atoms with Gasteiger partial charge in [-0.25, -0.2) is 4.98 Å². The Bertz CT molecular complexity index is 367. The molecule has 0 atom stereocenters. The van der Waals surface area contributed by atoms with Gasteiger partial charge in [-0.15, -0.1) is 0 Å². The Balaban J connectivity index is 2.86. The Hall–Kier alpha value is -1.80. The zero-order valence-electron chi connectivity index (χ0n) is 7.95. The van der Waals surface area contributed by atoms with Crippen molar-refractivity contribution in [2.45, 2.75) is 6.42 Å². The van der Waals surface area contributed by atoms with Crippen LogP contribution in [0.15, 0.2) is 6.20 Å². The molecule has 5 heteroatoms. The number of nitrogens with two attached hydrogens (primary N) is 2. The van der Waals surface area contributed by atoms with Crippen molar-refractivity contribution in [3.8, 4) is 17.7 Å². The van der Waals surface area contributed by atoms with Crippen LogP contribution in [0.4, 0.5) is 5.82 Å². The minimum Gasteiger partial charge on any atom is -0.478 e. The van der Waals surface area contributed by atoms with Gasteiger partial charge in [0.15, 0.2) is 5.82 Å². The summed E-state index contributed by atoms with van der Waals surface area (Å²) in [4.78, 5) is 7.92. The standard InChI is InChI=1S/C9H12N4O/c1-14-9-8(11)12-6-7(13-9)4-2-3-5-10/h6H,3,5,10H2,1H3,(H2,11,12). The second kappa shape index (κ2) is 5.04. The first-order valence-corrected chi connectivity index (χ1v) is 4.13. The summed E-state index contributed by atoms with van der Waals surface area (Å²) < 4.78 is 4.90. The first-order chi connectivity index (χ1) is 6.77. The monoisotopic (exact) mass is 192 g/mol. The molecule has 74 valence electrons. The van der Waals surface area contributed by atoms with E-state index in [-0.39, 0.29) is 5.82 Å². The van der Waals surface area contributed by atoms with Gasteiger partial charge in [-0.05, 0) is 5.92 Å². The van der Waals surface area contributed by atoms with Gasteiger partial charge in [-0.2, -0.15) is 4.98 Å². The van der Waals surface area contributed by atoms with E-state index >= 15 is 0 Å². The topological polar surface area (TPSA) is 87.0 Å². The second-order valence-corrected chi connectivity index (χ2v) is 2.49. The largest absolute Gasteiger partial charge is 0.478 e. The number of hydrogen-bond donors (Lipinski definition) is 2. The van der Waals surface area contributed by atoms with E-state index in [0.717, 1.165) is 0 Å². The van der Waals surface area contributed by atoms with Crippen molar-refractivity contribution in [3.63, 3.8) is 0 Å². The summed E-state index contributed by atoms with van der Waals surface area (Å²) in [6.45, 7) is 0.534. The van der Waals surface area contributed by atoms with Crippen LogP contribution in [-0.2, 0) is 0 Å². The third-order valence-electron chi connectivity index (χ3n) is 1.45. The van der Waals surface area contributed by atoms with Crippen molar-refractivity contribution < 1.29 is 4.74 Å². The molecule has 0 aliphatic rings.